The molecule has 29 heavy (non-hydrogen) atoms. The largest absolute Gasteiger partial charge is 0.363 e. The van der Waals surface area contributed by atoms with E-state index in [9.17, 15) is 14.4 Å². The summed E-state index contributed by atoms with van der Waals surface area (Å²) in [7, 11) is 3.31. The summed E-state index contributed by atoms with van der Waals surface area (Å²) in [4.78, 5) is 39.7. The molecule has 5 rings (SSSR count). The molecular weight excluding hydrogens is 374 g/mol. The highest BCUT2D eigenvalue weighted by molar-refractivity contribution is 6.06. The normalized spacial score (nSPS) is 21.1. The molecular formula is C20H21N5O4. The summed E-state index contributed by atoms with van der Waals surface area (Å²) in [5, 5.41) is 4.93. The van der Waals surface area contributed by atoms with E-state index < -0.39 is 5.60 Å². The highest BCUT2D eigenvalue weighted by Gasteiger charge is 2.45. The van der Waals surface area contributed by atoms with Crippen LogP contribution in [0.15, 0.2) is 39.9 Å². The topological polar surface area (TPSA) is 91.4 Å². The van der Waals surface area contributed by atoms with Gasteiger partial charge in [0.2, 0.25) is 0 Å². The van der Waals surface area contributed by atoms with Gasteiger partial charge >= 0.3 is 5.69 Å². The Kier molecular flexibility index (Phi) is 3.79. The Morgan fingerprint density at radius 1 is 1.17 bits per heavy atom. The highest BCUT2D eigenvalue weighted by Crippen LogP contribution is 2.32. The van der Waals surface area contributed by atoms with Gasteiger partial charge in [0.25, 0.3) is 11.5 Å². The fourth-order valence-corrected chi connectivity index (χ4v) is 4.39. The summed E-state index contributed by atoms with van der Waals surface area (Å²) in [5.41, 5.74) is 0.116. The zero-order valence-corrected chi connectivity index (χ0v) is 16.3. The number of carbonyl (C=O) groups is 1. The fourth-order valence-electron chi connectivity index (χ4n) is 4.39. The van der Waals surface area contributed by atoms with Gasteiger partial charge in [0.05, 0.1) is 24.2 Å². The molecule has 0 bridgehead atoms. The number of hydrogen-bond acceptors (Lipinski definition) is 5. The van der Waals surface area contributed by atoms with Gasteiger partial charge in [-0.2, -0.15) is 5.10 Å². The third-order valence-electron chi connectivity index (χ3n) is 6.03. The number of hydrogen-bond donors (Lipinski definition) is 0. The number of likely N-dealkylation sites (tertiary alicyclic amines) is 1. The maximum Gasteiger partial charge on any atom is 0.345 e. The number of benzene rings is 1. The van der Waals surface area contributed by atoms with Crippen LogP contribution in [-0.4, -0.2) is 48.4 Å². The lowest BCUT2D eigenvalue weighted by Gasteiger charge is -2.33. The van der Waals surface area contributed by atoms with E-state index in [4.69, 9.17) is 4.74 Å². The van der Waals surface area contributed by atoms with Crippen LogP contribution in [0, 0.1) is 0 Å². The number of fused-ring (bicyclic) bond motifs is 2. The second kappa shape index (κ2) is 6.15. The molecule has 1 atom stereocenters. The zero-order chi connectivity index (χ0) is 20.3. The van der Waals surface area contributed by atoms with Crippen LogP contribution in [0.1, 0.15) is 22.6 Å². The number of aryl methyl sites for hydroxylation is 2. The highest BCUT2D eigenvalue weighted by atomic mass is 16.5. The first kappa shape index (κ1) is 17.9. The number of rotatable bonds is 1. The van der Waals surface area contributed by atoms with Crippen molar-refractivity contribution in [3.05, 3.63) is 62.6 Å². The molecule has 0 N–H and O–H groups in total. The van der Waals surface area contributed by atoms with Gasteiger partial charge in [-0.05, 0) is 12.5 Å². The van der Waals surface area contributed by atoms with E-state index in [2.05, 4.69) is 5.10 Å². The predicted octanol–water partition coefficient (Wildman–Crippen LogP) is 0.249. The van der Waals surface area contributed by atoms with Crippen molar-refractivity contribution >= 4 is 16.8 Å². The first-order valence-corrected chi connectivity index (χ1v) is 9.53. The van der Waals surface area contributed by atoms with Crippen molar-refractivity contribution in [2.24, 2.45) is 14.1 Å². The molecule has 1 saturated heterocycles. The molecule has 1 fully saturated rings. The SMILES string of the molecule is Cn1nc2n(c1=O)CC1(CCN(C(=O)c3cc(=O)n(C)c4ccccc34)C1)OC2. The van der Waals surface area contributed by atoms with E-state index in [-0.39, 0.29) is 23.8 Å². The summed E-state index contributed by atoms with van der Waals surface area (Å²) in [5.74, 6) is 0.411. The zero-order valence-electron chi connectivity index (χ0n) is 16.3. The van der Waals surface area contributed by atoms with Gasteiger partial charge in [-0.25, -0.2) is 9.48 Å². The van der Waals surface area contributed by atoms with Gasteiger partial charge in [-0.3, -0.25) is 14.2 Å². The lowest BCUT2D eigenvalue weighted by atomic mass is 10.0. The molecule has 1 amide bonds. The van der Waals surface area contributed by atoms with Gasteiger partial charge in [-0.1, -0.05) is 18.2 Å². The molecule has 9 heteroatoms. The molecule has 1 aromatic carbocycles. The number of amides is 1. The van der Waals surface area contributed by atoms with Gasteiger partial charge in [0, 0.05) is 32.1 Å². The standard InChI is InChI=1S/C20H21N5O4/c1-22-15-6-4-3-5-13(15)14(9-17(22)26)18(27)24-8-7-20(11-24)12-25-16(10-29-20)21-23(2)19(25)28/h3-6,9H,7-8,10-12H2,1-2H3. The third kappa shape index (κ3) is 2.65. The number of aromatic nitrogens is 4. The number of para-hydroxylation sites is 1. The van der Waals surface area contributed by atoms with Crippen LogP contribution < -0.4 is 11.2 Å². The molecule has 2 aliphatic rings. The van der Waals surface area contributed by atoms with Gasteiger partial charge < -0.3 is 14.2 Å². The van der Waals surface area contributed by atoms with E-state index in [1.165, 1.54) is 15.3 Å². The van der Waals surface area contributed by atoms with Crippen LogP contribution in [0.4, 0.5) is 0 Å². The summed E-state index contributed by atoms with van der Waals surface area (Å²) in [6.45, 7) is 1.49. The van der Waals surface area contributed by atoms with E-state index in [0.29, 0.717) is 37.4 Å². The van der Waals surface area contributed by atoms with Crippen molar-refractivity contribution in [1.82, 2.24) is 23.8 Å². The fraction of sp³-hybridized carbons (Fsp3) is 0.400. The Balaban J connectivity index is 1.47. The lowest BCUT2D eigenvalue weighted by molar-refractivity contribution is -0.0816. The average molecular weight is 395 g/mol. The second-order valence-electron chi connectivity index (χ2n) is 7.83. The van der Waals surface area contributed by atoms with Crippen molar-refractivity contribution in [2.45, 2.75) is 25.2 Å². The average Bonchev–Trinajstić information content (AvgIpc) is 3.26. The number of ether oxygens (including phenoxy) is 1. The molecule has 150 valence electrons. The molecule has 0 saturated carbocycles. The van der Waals surface area contributed by atoms with Crippen LogP contribution in [0.25, 0.3) is 10.9 Å². The smallest absolute Gasteiger partial charge is 0.345 e. The van der Waals surface area contributed by atoms with Crippen LogP contribution in [-0.2, 0) is 32.0 Å². The van der Waals surface area contributed by atoms with Crippen molar-refractivity contribution < 1.29 is 9.53 Å². The lowest BCUT2D eigenvalue weighted by Crippen LogP contribution is -2.47. The second-order valence-corrected chi connectivity index (χ2v) is 7.83. The first-order chi connectivity index (χ1) is 13.9. The maximum absolute atomic E-state index is 13.3. The van der Waals surface area contributed by atoms with Crippen molar-refractivity contribution in [3.8, 4) is 0 Å². The van der Waals surface area contributed by atoms with Gasteiger partial charge in [0.1, 0.15) is 12.2 Å². The van der Waals surface area contributed by atoms with Crippen LogP contribution >= 0.6 is 0 Å². The van der Waals surface area contributed by atoms with Gasteiger partial charge in [-0.15, -0.1) is 0 Å². The van der Waals surface area contributed by atoms with Crippen LogP contribution in [0.5, 0.6) is 0 Å². The van der Waals surface area contributed by atoms with E-state index in [1.807, 2.05) is 24.3 Å². The Hall–Kier alpha value is -3.20. The molecule has 9 nitrogen and oxygen atoms in total. The third-order valence-corrected chi connectivity index (χ3v) is 6.03. The van der Waals surface area contributed by atoms with Crippen LogP contribution in [0.3, 0.4) is 0 Å². The minimum Gasteiger partial charge on any atom is -0.363 e. The summed E-state index contributed by atoms with van der Waals surface area (Å²) >= 11 is 0. The molecule has 4 heterocycles. The molecule has 2 aliphatic heterocycles. The van der Waals surface area contributed by atoms with E-state index in [0.717, 1.165) is 10.9 Å². The Morgan fingerprint density at radius 3 is 2.79 bits per heavy atom. The number of pyridine rings is 1. The molecule has 1 unspecified atom stereocenters. The van der Waals surface area contributed by atoms with Crippen molar-refractivity contribution in [3.63, 3.8) is 0 Å². The number of carbonyl (C=O) groups excluding carboxylic acids is 1. The van der Waals surface area contributed by atoms with Crippen molar-refractivity contribution in [1.29, 1.82) is 0 Å². The minimum absolute atomic E-state index is 0.176. The molecule has 0 radical (unpaired) electrons. The maximum atomic E-state index is 13.3. The Bertz CT molecular complexity index is 1270. The van der Waals surface area contributed by atoms with Crippen LogP contribution in [0.2, 0.25) is 0 Å². The number of nitrogens with zero attached hydrogens (tertiary/aromatic N) is 5. The molecule has 0 aliphatic carbocycles. The van der Waals surface area contributed by atoms with E-state index in [1.54, 1.807) is 23.6 Å². The Labute approximate surface area is 165 Å². The van der Waals surface area contributed by atoms with E-state index >= 15 is 0 Å². The van der Waals surface area contributed by atoms with Crippen molar-refractivity contribution in [2.75, 3.05) is 13.1 Å². The predicted molar refractivity (Wildman–Crippen MR) is 105 cm³/mol. The minimum atomic E-state index is -0.606. The molecule has 2 aromatic heterocycles. The molecule has 3 aromatic rings. The first-order valence-electron chi connectivity index (χ1n) is 9.53. The molecule has 1 spiro atoms. The quantitative estimate of drug-likeness (QED) is 0.589. The summed E-state index contributed by atoms with van der Waals surface area (Å²) < 4.78 is 10.5. The monoisotopic (exact) mass is 395 g/mol. The Morgan fingerprint density at radius 2 is 1.97 bits per heavy atom. The summed E-state index contributed by atoms with van der Waals surface area (Å²) in [6, 6.07) is 8.79. The summed E-state index contributed by atoms with van der Waals surface area (Å²) in [6.07, 6.45) is 0.627. The van der Waals surface area contributed by atoms with Gasteiger partial charge in [0.15, 0.2) is 5.82 Å².